The molecule has 96 valence electrons. The number of hydrogen-bond acceptors (Lipinski definition) is 1. The van der Waals surface area contributed by atoms with Crippen LogP contribution in [0.1, 0.15) is 32.6 Å². The van der Waals surface area contributed by atoms with Gasteiger partial charge < -0.3 is 4.79 Å². The van der Waals surface area contributed by atoms with Crippen molar-refractivity contribution < 1.29 is 21.9 Å². The van der Waals surface area contributed by atoms with E-state index < -0.39 is 0 Å². The summed E-state index contributed by atoms with van der Waals surface area (Å²) in [5.74, 6) is 1.69. The minimum atomic E-state index is 0. The maximum Gasteiger partial charge on any atom is 2.00 e. The zero-order chi connectivity index (χ0) is 12.3. The van der Waals surface area contributed by atoms with Gasteiger partial charge in [0.1, 0.15) is 5.78 Å². The van der Waals surface area contributed by atoms with Crippen molar-refractivity contribution in [1.82, 2.24) is 0 Å². The molecule has 0 aromatic rings. The second-order valence-electron chi connectivity index (χ2n) is 4.16. The van der Waals surface area contributed by atoms with E-state index in [0.29, 0.717) is 5.78 Å². The molecule has 10 radical (unpaired) electrons. The molecular formula is C16H20FeO+2. The van der Waals surface area contributed by atoms with Crippen LogP contribution in [-0.2, 0) is 21.9 Å². The largest absolute Gasteiger partial charge is 2.00 e. The molecule has 2 aliphatic carbocycles. The van der Waals surface area contributed by atoms with Gasteiger partial charge in [-0.2, -0.15) is 0 Å². The molecular weight excluding hydrogens is 264 g/mol. The fourth-order valence-electron chi connectivity index (χ4n) is 1.60. The standard InChI is InChI=1S/C11H15O.C5H5.Fe/c1-10(12)6-2-3-7-11-8-4-5-9-11;1-2-4-5-3-1;/h4-5,8-9H,2-3,6-7H2,1H3;1-5H;/q;;+2. The first-order valence-electron chi connectivity index (χ1n) is 6.16. The first kappa shape index (κ1) is 18.2. The Morgan fingerprint density at radius 2 is 1.39 bits per heavy atom. The van der Waals surface area contributed by atoms with Crippen LogP contribution >= 0.6 is 0 Å². The number of unbranched alkanes of at least 4 members (excludes halogenated alkanes) is 1. The molecule has 0 amide bonds. The van der Waals surface area contributed by atoms with Crippen LogP contribution < -0.4 is 0 Å². The monoisotopic (exact) mass is 284 g/mol. The van der Waals surface area contributed by atoms with Gasteiger partial charge in [0.25, 0.3) is 0 Å². The number of carbonyl (C=O) groups excluding carboxylic acids is 1. The van der Waals surface area contributed by atoms with Gasteiger partial charge in [-0.25, -0.2) is 0 Å². The molecule has 2 aliphatic rings. The maximum absolute atomic E-state index is 10.6. The summed E-state index contributed by atoms with van der Waals surface area (Å²) in [7, 11) is 0. The van der Waals surface area contributed by atoms with E-state index in [0.717, 1.165) is 25.7 Å². The van der Waals surface area contributed by atoms with Crippen molar-refractivity contribution in [3.05, 3.63) is 63.7 Å². The van der Waals surface area contributed by atoms with Crippen LogP contribution in [-0.4, -0.2) is 5.78 Å². The summed E-state index contributed by atoms with van der Waals surface area (Å²) in [5.41, 5.74) is 0. The first-order valence-corrected chi connectivity index (χ1v) is 6.16. The Kier molecular flexibility index (Phi) is 12.4. The van der Waals surface area contributed by atoms with Gasteiger partial charge in [0, 0.05) is 6.42 Å². The second kappa shape index (κ2) is 12.2. The topological polar surface area (TPSA) is 17.1 Å². The number of carbonyl (C=O) groups is 1. The Hall–Kier alpha value is 0.189. The number of ketones is 1. The van der Waals surface area contributed by atoms with E-state index in [1.54, 1.807) is 6.92 Å². The van der Waals surface area contributed by atoms with Crippen molar-refractivity contribution in [1.29, 1.82) is 0 Å². The molecule has 1 nitrogen and oxygen atoms in total. The van der Waals surface area contributed by atoms with Crippen molar-refractivity contribution in [2.45, 2.75) is 32.6 Å². The van der Waals surface area contributed by atoms with Crippen LogP contribution in [0.25, 0.3) is 0 Å². The van der Waals surface area contributed by atoms with Gasteiger partial charge in [0.2, 0.25) is 0 Å². The van der Waals surface area contributed by atoms with Crippen LogP contribution in [0, 0.1) is 63.7 Å². The van der Waals surface area contributed by atoms with E-state index in [4.69, 9.17) is 0 Å². The summed E-state index contributed by atoms with van der Waals surface area (Å²) >= 11 is 0. The molecule has 2 rings (SSSR count). The van der Waals surface area contributed by atoms with E-state index in [2.05, 4.69) is 25.7 Å². The van der Waals surface area contributed by atoms with E-state index >= 15 is 0 Å². The van der Waals surface area contributed by atoms with Crippen molar-refractivity contribution in [3.8, 4) is 0 Å². The van der Waals surface area contributed by atoms with Crippen molar-refractivity contribution >= 4 is 5.78 Å². The molecule has 0 heterocycles. The summed E-state index contributed by atoms with van der Waals surface area (Å²) in [6, 6.07) is 0. The maximum atomic E-state index is 10.6. The summed E-state index contributed by atoms with van der Waals surface area (Å²) in [6.07, 6.45) is 22.4. The van der Waals surface area contributed by atoms with Gasteiger partial charge in [-0.1, -0.05) is 6.42 Å². The number of Topliss-reactive ketones (excluding diaryl/α,β-unsaturated/α-hetero) is 1. The third kappa shape index (κ3) is 10.1. The van der Waals surface area contributed by atoms with E-state index in [-0.39, 0.29) is 17.1 Å². The Morgan fingerprint density at radius 1 is 0.889 bits per heavy atom. The third-order valence-corrected chi connectivity index (χ3v) is 2.53. The summed E-state index contributed by atoms with van der Waals surface area (Å²) in [4.78, 5) is 10.6. The van der Waals surface area contributed by atoms with Gasteiger partial charge in [-0.15, -0.1) is 0 Å². The SMILES string of the molecule is CC(=O)CCCC[C]1[CH][CH][CH][CH]1.[CH]1[CH][CH][CH][CH]1.[Fe+2]. The average Bonchev–Trinajstić information content (AvgIpc) is 2.99. The second-order valence-corrected chi connectivity index (χ2v) is 4.16. The van der Waals surface area contributed by atoms with Crippen LogP contribution in [0.5, 0.6) is 0 Å². The van der Waals surface area contributed by atoms with Gasteiger partial charge in [0.05, 0.1) is 0 Å². The van der Waals surface area contributed by atoms with E-state index in [9.17, 15) is 4.79 Å². The smallest absolute Gasteiger partial charge is 0.300 e. The molecule has 18 heavy (non-hydrogen) atoms. The zero-order valence-electron chi connectivity index (χ0n) is 10.8. The summed E-state index contributed by atoms with van der Waals surface area (Å²) < 4.78 is 0. The first-order chi connectivity index (χ1) is 8.29. The molecule has 0 spiro atoms. The van der Waals surface area contributed by atoms with E-state index in [1.807, 2.05) is 32.1 Å². The normalized spacial score (nSPS) is 18.9. The summed E-state index contributed by atoms with van der Waals surface area (Å²) in [5, 5.41) is 0. The molecule has 0 aromatic carbocycles. The molecule has 0 bridgehead atoms. The quantitative estimate of drug-likeness (QED) is 0.557. The van der Waals surface area contributed by atoms with Crippen molar-refractivity contribution in [2.75, 3.05) is 0 Å². The minimum Gasteiger partial charge on any atom is -0.300 e. The molecule has 0 aliphatic heterocycles. The molecule has 2 saturated carbocycles. The van der Waals surface area contributed by atoms with Gasteiger partial charge in [-0.05, 0) is 83.5 Å². The molecule has 2 fully saturated rings. The van der Waals surface area contributed by atoms with Gasteiger partial charge in [-0.3, -0.25) is 0 Å². The molecule has 2 heteroatoms. The van der Waals surface area contributed by atoms with E-state index in [1.165, 1.54) is 5.92 Å². The van der Waals surface area contributed by atoms with Crippen molar-refractivity contribution in [3.63, 3.8) is 0 Å². The Labute approximate surface area is 124 Å². The van der Waals surface area contributed by atoms with Gasteiger partial charge >= 0.3 is 17.1 Å². The molecule has 0 atom stereocenters. The Bertz CT molecular complexity index is 186. The third-order valence-electron chi connectivity index (χ3n) is 2.53. The molecule has 0 N–H and O–H groups in total. The molecule has 0 unspecified atom stereocenters. The molecule has 0 aromatic heterocycles. The van der Waals surface area contributed by atoms with Crippen molar-refractivity contribution in [2.24, 2.45) is 0 Å². The average molecular weight is 284 g/mol. The fourth-order valence-corrected chi connectivity index (χ4v) is 1.60. The number of hydrogen-bond donors (Lipinski definition) is 0. The van der Waals surface area contributed by atoms with Crippen LogP contribution in [0.2, 0.25) is 0 Å². The van der Waals surface area contributed by atoms with Crippen LogP contribution in [0.4, 0.5) is 0 Å². The minimum absolute atomic E-state index is 0. The van der Waals surface area contributed by atoms with Crippen LogP contribution in [0.15, 0.2) is 0 Å². The number of rotatable bonds is 5. The zero-order valence-corrected chi connectivity index (χ0v) is 11.9. The Morgan fingerprint density at radius 3 is 1.83 bits per heavy atom. The fraction of sp³-hybridized carbons (Fsp3) is 0.312. The van der Waals surface area contributed by atoms with Gasteiger partial charge in [0.15, 0.2) is 0 Å². The molecule has 0 saturated heterocycles. The predicted octanol–water partition coefficient (Wildman–Crippen LogP) is 3.56. The Balaban J connectivity index is 0.000000405. The predicted molar refractivity (Wildman–Crippen MR) is 71.1 cm³/mol. The summed E-state index contributed by atoms with van der Waals surface area (Å²) in [6.45, 7) is 1.66. The van der Waals surface area contributed by atoms with Crippen LogP contribution in [0.3, 0.4) is 0 Å².